The summed E-state index contributed by atoms with van der Waals surface area (Å²) in [4.78, 5) is 25.1. The Balaban J connectivity index is 2.86. The molecule has 0 aliphatic rings. The van der Waals surface area contributed by atoms with Crippen LogP contribution in [0.25, 0.3) is 0 Å². The molecule has 0 saturated carbocycles. The second kappa shape index (κ2) is 6.18. The molecule has 0 saturated heterocycles. The number of nitrogens with one attached hydrogen (secondary N) is 2. The fourth-order valence-corrected chi connectivity index (χ4v) is 1.90. The first-order valence-corrected chi connectivity index (χ1v) is 5.80. The molecule has 1 rings (SSSR count). The van der Waals surface area contributed by atoms with Gasteiger partial charge in [0.1, 0.15) is 6.04 Å². The highest BCUT2D eigenvalue weighted by molar-refractivity contribution is 5.82. The molecule has 5 nitrogen and oxygen atoms in total. The first-order chi connectivity index (χ1) is 8.51. The summed E-state index contributed by atoms with van der Waals surface area (Å²) in [5.74, 6) is -0.763. The molecule has 0 spiro atoms. The number of hydrogen-bond donors (Lipinski definition) is 2. The van der Waals surface area contributed by atoms with E-state index >= 15 is 0 Å². The van der Waals surface area contributed by atoms with Gasteiger partial charge in [-0.1, -0.05) is 11.4 Å². The van der Waals surface area contributed by atoms with Gasteiger partial charge in [-0.05, 0) is 24.5 Å². The van der Waals surface area contributed by atoms with Crippen LogP contribution in [0.1, 0.15) is 23.7 Å². The topological polar surface area (TPSA) is 65.2 Å². The Labute approximate surface area is 105 Å². The average molecular weight is 255 g/mol. The highest BCUT2D eigenvalue weighted by Crippen LogP contribution is 2.15. The Bertz CT molecular complexity index is 429. The zero-order chi connectivity index (χ0) is 13.7. The van der Waals surface area contributed by atoms with Crippen molar-refractivity contribution < 1.29 is 14.1 Å². The monoisotopic (exact) mass is 255 g/mol. The van der Waals surface area contributed by atoms with Gasteiger partial charge in [-0.15, -0.1) is 0 Å². The van der Waals surface area contributed by atoms with E-state index in [0.717, 1.165) is 30.3 Å². The molecule has 2 amide bonds. The fraction of sp³-hybridized carbons (Fsp3) is 0.500. The van der Waals surface area contributed by atoms with Crippen LogP contribution in [0, 0.1) is 6.92 Å². The van der Waals surface area contributed by atoms with E-state index in [1.54, 1.807) is 6.20 Å². The van der Waals surface area contributed by atoms with Crippen molar-refractivity contribution in [2.75, 3.05) is 7.05 Å². The second-order valence-electron chi connectivity index (χ2n) is 4.13. The normalized spacial score (nSPS) is 12.0. The summed E-state index contributed by atoms with van der Waals surface area (Å²) in [6, 6.07) is -0.878. The maximum atomic E-state index is 12.9. The Morgan fingerprint density at radius 3 is 2.78 bits per heavy atom. The van der Waals surface area contributed by atoms with Crippen molar-refractivity contribution in [1.29, 1.82) is 0 Å². The number of aryl methyl sites for hydroxylation is 1. The van der Waals surface area contributed by atoms with Crippen LogP contribution in [0.4, 0.5) is 4.48 Å². The predicted octanol–water partition coefficient (Wildman–Crippen LogP) is 0.886. The van der Waals surface area contributed by atoms with Gasteiger partial charge in [0.05, 0.1) is 0 Å². The Hall–Kier alpha value is -1.85. The van der Waals surface area contributed by atoms with Gasteiger partial charge >= 0.3 is 0 Å². The summed E-state index contributed by atoms with van der Waals surface area (Å²) in [7, 11) is 1.02. The van der Waals surface area contributed by atoms with E-state index in [4.69, 9.17) is 0 Å². The minimum atomic E-state index is -0.878. The number of carbonyl (C=O) groups excluding carboxylic acids is 2. The number of hydrogen-bond acceptors (Lipinski definition) is 2. The average Bonchev–Trinajstić information content (AvgIpc) is 2.68. The summed E-state index contributed by atoms with van der Waals surface area (Å²) in [5, 5.41) is 2.33. The molecule has 0 aliphatic heterocycles. The lowest BCUT2D eigenvalue weighted by Crippen LogP contribution is -2.43. The number of amides is 2. The van der Waals surface area contributed by atoms with Gasteiger partial charge in [0.15, 0.2) is 0 Å². The van der Waals surface area contributed by atoms with E-state index in [9.17, 15) is 14.1 Å². The molecule has 0 aliphatic carbocycles. The van der Waals surface area contributed by atoms with Gasteiger partial charge in [-0.3, -0.25) is 9.59 Å². The number of likely N-dealkylation sites (N-methyl/N-ethyl adjacent to an activating group) is 1. The highest BCUT2D eigenvalue weighted by atomic mass is 19.2. The van der Waals surface area contributed by atoms with Crippen LogP contribution in [0.2, 0.25) is 0 Å². The number of rotatable bonds is 6. The smallest absolute Gasteiger partial charge is 0.272 e. The van der Waals surface area contributed by atoms with E-state index in [1.807, 2.05) is 13.8 Å². The standard InChI is InChI=1S/C12H18FN3O2/c1-4-10-8(2)9(6-14-10)5-11(15-7-17)12(18)16(3)13/h6-7,11,14H,4-5H2,1-3H3,(H,15,17). The Kier molecular flexibility index (Phi) is 4.88. The van der Waals surface area contributed by atoms with Crippen molar-refractivity contribution >= 4 is 12.3 Å². The third-order valence-electron chi connectivity index (χ3n) is 3.00. The molecule has 0 bridgehead atoms. The van der Waals surface area contributed by atoms with Crippen LogP contribution in [-0.2, 0) is 22.4 Å². The highest BCUT2D eigenvalue weighted by Gasteiger charge is 2.23. The van der Waals surface area contributed by atoms with Gasteiger partial charge in [0.2, 0.25) is 6.41 Å². The molecule has 2 N–H and O–H groups in total. The predicted molar refractivity (Wildman–Crippen MR) is 65.5 cm³/mol. The maximum Gasteiger partial charge on any atom is 0.272 e. The van der Waals surface area contributed by atoms with Crippen molar-refractivity contribution in [3.05, 3.63) is 23.0 Å². The van der Waals surface area contributed by atoms with E-state index in [0.29, 0.717) is 6.41 Å². The minimum absolute atomic E-state index is 0.0100. The summed E-state index contributed by atoms with van der Waals surface area (Å²) in [5.41, 5.74) is 3.03. The molecule has 0 aromatic carbocycles. The zero-order valence-corrected chi connectivity index (χ0v) is 10.8. The molecule has 6 heteroatoms. The third kappa shape index (κ3) is 3.09. The Morgan fingerprint density at radius 1 is 1.67 bits per heavy atom. The largest absolute Gasteiger partial charge is 0.364 e. The summed E-state index contributed by atoms with van der Waals surface area (Å²) in [6.45, 7) is 3.95. The van der Waals surface area contributed by atoms with Gasteiger partial charge in [-0.2, -0.15) is 5.12 Å². The molecule has 1 heterocycles. The SMILES string of the molecule is CCc1[nH]cc(CC(NC=O)C(=O)N(C)F)c1C. The van der Waals surface area contributed by atoms with E-state index in [2.05, 4.69) is 10.3 Å². The molecule has 1 aromatic rings. The number of aromatic amines is 1. The third-order valence-corrected chi connectivity index (χ3v) is 3.00. The fourth-order valence-electron chi connectivity index (χ4n) is 1.90. The van der Waals surface area contributed by atoms with Gasteiger partial charge < -0.3 is 10.3 Å². The van der Waals surface area contributed by atoms with Crippen LogP contribution in [0.5, 0.6) is 0 Å². The van der Waals surface area contributed by atoms with Crippen molar-refractivity contribution in [2.45, 2.75) is 32.7 Å². The number of aromatic nitrogens is 1. The van der Waals surface area contributed by atoms with E-state index in [1.165, 1.54) is 0 Å². The number of halogens is 1. The molecule has 1 unspecified atom stereocenters. The van der Waals surface area contributed by atoms with Crippen LogP contribution < -0.4 is 5.32 Å². The quantitative estimate of drug-likeness (QED) is 0.585. The van der Waals surface area contributed by atoms with Crippen LogP contribution in [0.15, 0.2) is 6.20 Å². The van der Waals surface area contributed by atoms with Crippen molar-refractivity contribution in [1.82, 2.24) is 15.4 Å². The summed E-state index contributed by atoms with van der Waals surface area (Å²) < 4.78 is 12.9. The second-order valence-corrected chi connectivity index (χ2v) is 4.13. The first kappa shape index (κ1) is 14.2. The van der Waals surface area contributed by atoms with Crippen molar-refractivity contribution in [3.63, 3.8) is 0 Å². The maximum absolute atomic E-state index is 12.9. The molecule has 1 atom stereocenters. The minimum Gasteiger partial charge on any atom is -0.364 e. The van der Waals surface area contributed by atoms with Gasteiger partial charge in [-0.25, -0.2) is 0 Å². The molecule has 100 valence electrons. The number of carbonyl (C=O) groups is 2. The van der Waals surface area contributed by atoms with Gasteiger partial charge in [0.25, 0.3) is 5.91 Å². The molecule has 0 radical (unpaired) electrons. The van der Waals surface area contributed by atoms with Crippen LogP contribution in [-0.4, -0.2) is 35.5 Å². The molecular weight excluding hydrogens is 237 g/mol. The lowest BCUT2D eigenvalue weighted by molar-refractivity contribution is -0.146. The summed E-state index contributed by atoms with van der Waals surface area (Å²) >= 11 is 0. The molecule has 18 heavy (non-hydrogen) atoms. The van der Waals surface area contributed by atoms with Gasteiger partial charge in [0, 0.05) is 25.4 Å². The zero-order valence-electron chi connectivity index (χ0n) is 10.8. The van der Waals surface area contributed by atoms with Crippen molar-refractivity contribution in [2.24, 2.45) is 0 Å². The lowest BCUT2D eigenvalue weighted by atomic mass is 10.0. The lowest BCUT2D eigenvalue weighted by Gasteiger charge is -2.16. The molecule has 1 aromatic heterocycles. The van der Waals surface area contributed by atoms with E-state index in [-0.39, 0.29) is 11.5 Å². The Morgan fingerprint density at radius 2 is 2.33 bits per heavy atom. The van der Waals surface area contributed by atoms with Crippen molar-refractivity contribution in [3.8, 4) is 0 Å². The molecular formula is C12H18FN3O2. The molecule has 0 fully saturated rings. The summed E-state index contributed by atoms with van der Waals surface area (Å²) in [6.07, 6.45) is 3.33. The first-order valence-electron chi connectivity index (χ1n) is 5.80. The van der Waals surface area contributed by atoms with Crippen LogP contribution >= 0.6 is 0 Å². The number of nitrogens with zero attached hydrogens (tertiary/aromatic N) is 1. The van der Waals surface area contributed by atoms with E-state index < -0.39 is 11.9 Å². The number of H-pyrrole nitrogens is 1. The van der Waals surface area contributed by atoms with Crippen LogP contribution in [0.3, 0.4) is 0 Å².